The van der Waals surface area contributed by atoms with Crippen LogP contribution in [0, 0.1) is 5.41 Å². The third-order valence-corrected chi connectivity index (χ3v) is 3.59. The third kappa shape index (κ3) is 1.69. The van der Waals surface area contributed by atoms with E-state index in [1.165, 1.54) is 25.3 Å². The zero-order valence-electron chi connectivity index (χ0n) is 8.59. The van der Waals surface area contributed by atoms with Crippen LogP contribution in [0.15, 0.2) is 12.7 Å². The second-order valence-corrected chi connectivity index (χ2v) is 4.46. The minimum Gasteiger partial charge on any atom is -0.339 e. The molecule has 0 unspecified atom stereocenters. The van der Waals surface area contributed by atoms with Crippen molar-refractivity contribution in [1.82, 2.24) is 10.2 Å². The summed E-state index contributed by atoms with van der Waals surface area (Å²) in [5.41, 5.74) is 0.421. The molecule has 2 heterocycles. The minimum atomic E-state index is 0.0976. The second kappa shape index (κ2) is 3.73. The molecule has 0 bridgehead atoms. The summed E-state index contributed by atoms with van der Waals surface area (Å²) >= 11 is 0. The molecular formula is C11H18N2O. The number of nitrogens with one attached hydrogen (secondary N) is 1. The van der Waals surface area contributed by atoms with Gasteiger partial charge in [-0.1, -0.05) is 6.58 Å². The molecule has 78 valence electrons. The molecule has 1 spiro atoms. The van der Waals surface area contributed by atoms with Crippen molar-refractivity contribution in [2.75, 3.05) is 26.2 Å². The van der Waals surface area contributed by atoms with Crippen molar-refractivity contribution < 1.29 is 4.79 Å². The Labute approximate surface area is 85.2 Å². The molecule has 14 heavy (non-hydrogen) atoms. The van der Waals surface area contributed by atoms with E-state index in [9.17, 15) is 4.79 Å². The van der Waals surface area contributed by atoms with E-state index in [-0.39, 0.29) is 5.91 Å². The maximum Gasteiger partial charge on any atom is 0.245 e. The third-order valence-electron chi connectivity index (χ3n) is 3.59. The first-order valence-electron chi connectivity index (χ1n) is 5.38. The first-order chi connectivity index (χ1) is 6.76. The van der Waals surface area contributed by atoms with Gasteiger partial charge in [-0.25, -0.2) is 0 Å². The van der Waals surface area contributed by atoms with Gasteiger partial charge in [0, 0.05) is 13.1 Å². The molecular weight excluding hydrogens is 176 g/mol. The van der Waals surface area contributed by atoms with Crippen molar-refractivity contribution in [2.24, 2.45) is 5.41 Å². The van der Waals surface area contributed by atoms with Gasteiger partial charge in [0.25, 0.3) is 0 Å². The molecule has 2 rings (SSSR count). The molecule has 0 aliphatic carbocycles. The van der Waals surface area contributed by atoms with Gasteiger partial charge in [-0.15, -0.1) is 0 Å². The molecule has 2 fully saturated rings. The van der Waals surface area contributed by atoms with Gasteiger partial charge in [0.2, 0.25) is 5.91 Å². The number of hydrogen-bond acceptors (Lipinski definition) is 2. The lowest BCUT2D eigenvalue weighted by atomic mass is 9.78. The topological polar surface area (TPSA) is 32.3 Å². The normalized spacial score (nSPS) is 25.3. The largest absolute Gasteiger partial charge is 0.339 e. The van der Waals surface area contributed by atoms with Crippen LogP contribution in [0.4, 0.5) is 0 Å². The number of carbonyl (C=O) groups excluding carboxylic acids is 1. The highest BCUT2D eigenvalue weighted by atomic mass is 16.2. The quantitative estimate of drug-likeness (QED) is 0.625. The predicted molar refractivity (Wildman–Crippen MR) is 55.9 cm³/mol. The van der Waals surface area contributed by atoms with Gasteiger partial charge in [0.1, 0.15) is 0 Å². The van der Waals surface area contributed by atoms with Crippen LogP contribution < -0.4 is 5.32 Å². The number of likely N-dealkylation sites (tertiary alicyclic amines) is 1. The lowest BCUT2D eigenvalue weighted by Crippen LogP contribution is -2.39. The molecule has 3 heteroatoms. The Morgan fingerprint density at radius 3 is 2.71 bits per heavy atom. The summed E-state index contributed by atoms with van der Waals surface area (Å²) in [6.45, 7) is 7.62. The molecule has 2 saturated heterocycles. The number of nitrogens with zero attached hydrogens (tertiary/aromatic N) is 1. The van der Waals surface area contributed by atoms with Crippen molar-refractivity contribution in [2.45, 2.75) is 19.3 Å². The molecule has 0 aromatic rings. The summed E-state index contributed by atoms with van der Waals surface area (Å²) in [6, 6.07) is 0. The highest BCUT2D eigenvalue weighted by Crippen LogP contribution is 2.38. The summed E-state index contributed by atoms with van der Waals surface area (Å²) < 4.78 is 0. The van der Waals surface area contributed by atoms with E-state index in [1.54, 1.807) is 0 Å². The van der Waals surface area contributed by atoms with Gasteiger partial charge in [-0.2, -0.15) is 0 Å². The van der Waals surface area contributed by atoms with Crippen molar-refractivity contribution in [3.05, 3.63) is 12.7 Å². The van der Waals surface area contributed by atoms with E-state index >= 15 is 0 Å². The fourth-order valence-corrected chi connectivity index (χ4v) is 2.62. The smallest absolute Gasteiger partial charge is 0.245 e. The van der Waals surface area contributed by atoms with Crippen LogP contribution >= 0.6 is 0 Å². The summed E-state index contributed by atoms with van der Waals surface area (Å²) in [4.78, 5) is 13.4. The Kier molecular flexibility index (Phi) is 2.59. The van der Waals surface area contributed by atoms with Crippen LogP contribution in [0.2, 0.25) is 0 Å². The molecule has 2 aliphatic rings. The summed E-state index contributed by atoms with van der Waals surface area (Å²) in [5, 5.41) is 3.37. The SMILES string of the molecule is C=CC(=O)N1CCC2(CCNCC2)C1. The highest BCUT2D eigenvalue weighted by Gasteiger charge is 2.39. The lowest BCUT2D eigenvalue weighted by Gasteiger charge is -2.33. The maximum atomic E-state index is 11.4. The molecule has 0 atom stereocenters. The fraction of sp³-hybridized carbons (Fsp3) is 0.727. The number of carbonyl (C=O) groups is 1. The second-order valence-electron chi connectivity index (χ2n) is 4.46. The summed E-state index contributed by atoms with van der Waals surface area (Å²) in [5.74, 6) is 0.0976. The average molecular weight is 194 g/mol. The average Bonchev–Trinajstić information content (AvgIpc) is 2.62. The number of amides is 1. The Morgan fingerprint density at radius 2 is 2.07 bits per heavy atom. The van der Waals surface area contributed by atoms with Crippen LogP contribution in [-0.4, -0.2) is 37.0 Å². The molecule has 2 aliphatic heterocycles. The van der Waals surface area contributed by atoms with Gasteiger partial charge in [-0.05, 0) is 43.8 Å². The monoisotopic (exact) mass is 194 g/mol. The van der Waals surface area contributed by atoms with Crippen molar-refractivity contribution in [3.8, 4) is 0 Å². The first kappa shape index (κ1) is 9.71. The van der Waals surface area contributed by atoms with Crippen LogP contribution in [0.25, 0.3) is 0 Å². The molecule has 0 aromatic heterocycles. The maximum absolute atomic E-state index is 11.4. The van der Waals surface area contributed by atoms with Crippen LogP contribution in [0.5, 0.6) is 0 Å². The molecule has 3 nitrogen and oxygen atoms in total. The molecule has 1 amide bonds. The van der Waals surface area contributed by atoms with Crippen molar-refractivity contribution >= 4 is 5.91 Å². The zero-order valence-corrected chi connectivity index (χ0v) is 8.59. The molecule has 1 N–H and O–H groups in total. The van der Waals surface area contributed by atoms with E-state index in [0.717, 1.165) is 26.2 Å². The molecule has 0 saturated carbocycles. The Bertz CT molecular complexity index is 244. The van der Waals surface area contributed by atoms with Crippen molar-refractivity contribution in [1.29, 1.82) is 0 Å². The fourth-order valence-electron chi connectivity index (χ4n) is 2.62. The van der Waals surface area contributed by atoms with Crippen LogP contribution in [0.1, 0.15) is 19.3 Å². The van der Waals surface area contributed by atoms with Crippen LogP contribution in [-0.2, 0) is 4.79 Å². The van der Waals surface area contributed by atoms with E-state index in [0.29, 0.717) is 5.41 Å². The first-order valence-corrected chi connectivity index (χ1v) is 5.38. The summed E-state index contributed by atoms with van der Waals surface area (Å²) in [6.07, 6.45) is 5.04. The Balaban J connectivity index is 1.98. The Morgan fingerprint density at radius 1 is 1.36 bits per heavy atom. The predicted octanol–water partition coefficient (Wildman–Crippen LogP) is 0.774. The molecule has 0 aromatic carbocycles. The minimum absolute atomic E-state index is 0.0976. The van der Waals surface area contributed by atoms with Crippen molar-refractivity contribution in [3.63, 3.8) is 0 Å². The van der Waals surface area contributed by atoms with E-state index in [4.69, 9.17) is 0 Å². The van der Waals surface area contributed by atoms with Gasteiger partial charge in [0.15, 0.2) is 0 Å². The highest BCUT2D eigenvalue weighted by molar-refractivity contribution is 5.87. The lowest BCUT2D eigenvalue weighted by molar-refractivity contribution is -0.125. The standard InChI is InChI=1S/C11H18N2O/c1-2-10(14)13-8-5-11(9-13)3-6-12-7-4-11/h2,12H,1,3-9H2. The van der Waals surface area contributed by atoms with Gasteiger partial charge < -0.3 is 10.2 Å². The van der Waals surface area contributed by atoms with Crippen LogP contribution in [0.3, 0.4) is 0 Å². The summed E-state index contributed by atoms with van der Waals surface area (Å²) in [7, 11) is 0. The number of piperidine rings is 1. The molecule has 0 radical (unpaired) electrons. The van der Waals surface area contributed by atoms with Gasteiger partial charge in [-0.3, -0.25) is 4.79 Å². The van der Waals surface area contributed by atoms with E-state index in [1.807, 2.05) is 4.90 Å². The van der Waals surface area contributed by atoms with Gasteiger partial charge >= 0.3 is 0 Å². The zero-order chi connectivity index (χ0) is 10.0. The van der Waals surface area contributed by atoms with E-state index < -0.39 is 0 Å². The number of hydrogen-bond donors (Lipinski definition) is 1. The Hall–Kier alpha value is -0.830. The number of rotatable bonds is 1. The van der Waals surface area contributed by atoms with E-state index in [2.05, 4.69) is 11.9 Å². The van der Waals surface area contributed by atoms with Gasteiger partial charge in [0.05, 0.1) is 0 Å².